The number of amides is 1. The summed E-state index contributed by atoms with van der Waals surface area (Å²) in [4.78, 5) is 17.5. The molecule has 0 atom stereocenters. The largest absolute Gasteiger partial charge is 0.489 e. The minimum atomic E-state index is -0.236. The molecule has 6 nitrogen and oxygen atoms in total. The first-order valence-electron chi connectivity index (χ1n) is 13.5. The van der Waals surface area contributed by atoms with Crippen molar-refractivity contribution in [1.29, 1.82) is 0 Å². The Morgan fingerprint density at radius 3 is 1.95 bits per heavy atom. The predicted molar refractivity (Wildman–Crippen MR) is 161 cm³/mol. The molecule has 0 saturated carbocycles. The lowest BCUT2D eigenvalue weighted by Crippen LogP contribution is -2.45. The van der Waals surface area contributed by atoms with E-state index >= 15 is 0 Å². The third-order valence-corrected chi connectivity index (χ3v) is 7.17. The van der Waals surface area contributed by atoms with Crippen LogP contribution in [0.4, 0.5) is 0 Å². The van der Waals surface area contributed by atoms with Crippen LogP contribution >= 0.6 is 11.6 Å². The fraction of sp³-hybridized carbons (Fsp3) is 0.212. The quantitative estimate of drug-likeness (QED) is 0.194. The summed E-state index contributed by atoms with van der Waals surface area (Å²) < 4.78 is 5.81. The summed E-state index contributed by atoms with van der Waals surface area (Å²) in [6.07, 6.45) is 1.62. The van der Waals surface area contributed by atoms with Crippen LogP contribution in [0.5, 0.6) is 5.75 Å². The van der Waals surface area contributed by atoms with Gasteiger partial charge in [-0.05, 0) is 70.8 Å². The Bertz CT molecular complexity index is 1380. The van der Waals surface area contributed by atoms with Gasteiger partial charge in [0.1, 0.15) is 12.4 Å². The smallest absolute Gasteiger partial charge is 0.271 e. The maximum atomic E-state index is 12.5. The van der Waals surface area contributed by atoms with Gasteiger partial charge in [-0.2, -0.15) is 5.10 Å². The number of hydrazone groups is 1. The Hall–Kier alpha value is -3.97. The zero-order chi connectivity index (χ0) is 27.6. The highest BCUT2D eigenvalue weighted by Crippen LogP contribution is 2.16. The van der Waals surface area contributed by atoms with Gasteiger partial charge in [0.15, 0.2) is 0 Å². The van der Waals surface area contributed by atoms with Gasteiger partial charge in [-0.1, -0.05) is 66.2 Å². The molecule has 0 aromatic heterocycles. The molecule has 0 aliphatic carbocycles. The summed E-state index contributed by atoms with van der Waals surface area (Å²) in [7, 11) is 0. The van der Waals surface area contributed by atoms with Crippen LogP contribution in [0.3, 0.4) is 0 Å². The van der Waals surface area contributed by atoms with Crippen molar-refractivity contribution in [2.45, 2.75) is 19.7 Å². The first-order valence-corrected chi connectivity index (χ1v) is 13.9. The summed E-state index contributed by atoms with van der Waals surface area (Å²) >= 11 is 5.92. The standard InChI is InChI=1S/C33H33ClN4O2/c34-31-14-8-29(9-15-31)25-40-32-16-10-26(11-17-32)22-35-36-33(39)30-12-6-28(7-13-30)24-38-20-18-37(19-21-38)23-27-4-2-1-3-5-27/h1-17,22H,18-21,23-25H2,(H,36,39)/b35-22-. The lowest BCUT2D eigenvalue weighted by molar-refractivity contribution is 0.0955. The molecule has 0 spiro atoms. The summed E-state index contributed by atoms with van der Waals surface area (Å²) in [5.41, 5.74) is 7.67. The molecule has 40 heavy (non-hydrogen) atoms. The maximum absolute atomic E-state index is 12.5. The Labute approximate surface area is 240 Å². The van der Waals surface area contributed by atoms with E-state index in [1.165, 1.54) is 11.1 Å². The fourth-order valence-corrected chi connectivity index (χ4v) is 4.72. The molecule has 204 valence electrons. The molecule has 5 rings (SSSR count). The van der Waals surface area contributed by atoms with Crippen molar-refractivity contribution < 1.29 is 9.53 Å². The number of ether oxygens (including phenoxy) is 1. The van der Waals surface area contributed by atoms with E-state index in [-0.39, 0.29) is 5.91 Å². The minimum absolute atomic E-state index is 0.236. The van der Waals surface area contributed by atoms with E-state index in [1.54, 1.807) is 6.21 Å². The summed E-state index contributed by atoms with van der Waals surface area (Å²) in [5.74, 6) is 0.519. The van der Waals surface area contributed by atoms with Gasteiger partial charge in [0, 0.05) is 49.9 Å². The number of hydrogen-bond acceptors (Lipinski definition) is 5. The first kappa shape index (κ1) is 27.6. The third-order valence-electron chi connectivity index (χ3n) is 6.91. The highest BCUT2D eigenvalue weighted by Gasteiger charge is 2.17. The number of hydrogen-bond donors (Lipinski definition) is 1. The molecule has 1 fully saturated rings. The predicted octanol–water partition coefficient (Wildman–Crippen LogP) is 6.00. The van der Waals surface area contributed by atoms with E-state index in [0.717, 1.165) is 56.1 Å². The van der Waals surface area contributed by atoms with Gasteiger partial charge in [-0.15, -0.1) is 0 Å². The van der Waals surface area contributed by atoms with Gasteiger partial charge >= 0.3 is 0 Å². The van der Waals surface area contributed by atoms with Crippen molar-refractivity contribution in [3.63, 3.8) is 0 Å². The van der Waals surface area contributed by atoms with Crippen LogP contribution in [0.25, 0.3) is 0 Å². The molecule has 1 amide bonds. The highest BCUT2D eigenvalue weighted by atomic mass is 35.5. The number of carbonyl (C=O) groups is 1. The van der Waals surface area contributed by atoms with Gasteiger partial charge in [0.25, 0.3) is 5.91 Å². The van der Waals surface area contributed by atoms with E-state index in [0.29, 0.717) is 17.2 Å². The Balaban J connectivity index is 1.03. The maximum Gasteiger partial charge on any atom is 0.271 e. The Morgan fingerprint density at radius 1 is 0.750 bits per heavy atom. The van der Waals surface area contributed by atoms with Gasteiger partial charge in [0.05, 0.1) is 6.21 Å². The van der Waals surface area contributed by atoms with E-state index in [9.17, 15) is 4.79 Å². The van der Waals surface area contributed by atoms with Gasteiger partial charge in [-0.25, -0.2) is 5.43 Å². The van der Waals surface area contributed by atoms with Crippen LogP contribution in [0.1, 0.15) is 32.6 Å². The number of carbonyl (C=O) groups excluding carboxylic acids is 1. The zero-order valence-electron chi connectivity index (χ0n) is 22.4. The van der Waals surface area contributed by atoms with Crippen LogP contribution in [-0.2, 0) is 19.7 Å². The van der Waals surface area contributed by atoms with Crippen molar-refractivity contribution in [1.82, 2.24) is 15.2 Å². The molecular weight excluding hydrogens is 520 g/mol. The van der Waals surface area contributed by atoms with Crippen molar-refractivity contribution in [2.75, 3.05) is 26.2 Å². The lowest BCUT2D eigenvalue weighted by atomic mass is 10.1. The fourth-order valence-electron chi connectivity index (χ4n) is 4.59. The second-order valence-corrected chi connectivity index (χ2v) is 10.4. The molecule has 7 heteroatoms. The SMILES string of the molecule is O=C(N/N=C\c1ccc(OCc2ccc(Cl)cc2)cc1)c1ccc(CN2CCN(Cc3ccccc3)CC2)cc1. The summed E-state index contributed by atoms with van der Waals surface area (Å²) in [6.45, 7) is 6.56. The monoisotopic (exact) mass is 552 g/mol. The minimum Gasteiger partial charge on any atom is -0.489 e. The van der Waals surface area contributed by atoms with E-state index in [4.69, 9.17) is 16.3 Å². The Kier molecular flexibility index (Phi) is 9.59. The van der Waals surface area contributed by atoms with Crippen LogP contribution in [0.2, 0.25) is 5.02 Å². The molecule has 1 aliphatic rings. The average Bonchev–Trinajstić information content (AvgIpc) is 2.99. The van der Waals surface area contributed by atoms with Crippen molar-refractivity contribution in [3.05, 3.63) is 136 Å². The van der Waals surface area contributed by atoms with Crippen molar-refractivity contribution >= 4 is 23.7 Å². The number of halogens is 1. The summed E-state index contributed by atoms with van der Waals surface area (Å²) in [5, 5.41) is 4.82. The Morgan fingerprint density at radius 2 is 1.32 bits per heavy atom. The average molecular weight is 553 g/mol. The van der Waals surface area contributed by atoms with Crippen LogP contribution in [-0.4, -0.2) is 48.1 Å². The van der Waals surface area contributed by atoms with Gasteiger partial charge in [0.2, 0.25) is 0 Å². The molecule has 1 aliphatic heterocycles. The number of nitrogens with zero attached hydrogens (tertiary/aromatic N) is 3. The second kappa shape index (κ2) is 13.9. The molecule has 1 heterocycles. The number of benzene rings is 4. The number of piperazine rings is 1. The van der Waals surface area contributed by atoms with Crippen molar-refractivity contribution in [2.24, 2.45) is 5.10 Å². The first-order chi connectivity index (χ1) is 19.6. The van der Waals surface area contributed by atoms with E-state index in [1.807, 2.05) is 72.8 Å². The molecule has 0 unspecified atom stereocenters. The summed E-state index contributed by atoms with van der Waals surface area (Å²) in [6, 6.07) is 33.5. The topological polar surface area (TPSA) is 57.2 Å². The lowest BCUT2D eigenvalue weighted by Gasteiger charge is -2.34. The van der Waals surface area contributed by atoms with Gasteiger partial charge in [-0.3, -0.25) is 14.6 Å². The van der Waals surface area contributed by atoms with Crippen LogP contribution in [0, 0.1) is 0 Å². The number of nitrogens with one attached hydrogen (secondary N) is 1. The molecule has 0 bridgehead atoms. The molecule has 0 radical (unpaired) electrons. The molecule has 1 N–H and O–H groups in total. The molecular formula is C33H33ClN4O2. The number of rotatable bonds is 10. The second-order valence-electron chi connectivity index (χ2n) is 9.92. The van der Waals surface area contributed by atoms with E-state index in [2.05, 4.69) is 50.7 Å². The van der Waals surface area contributed by atoms with Gasteiger partial charge < -0.3 is 4.74 Å². The molecule has 4 aromatic carbocycles. The molecule has 1 saturated heterocycles. The highest BCUT2D eigenvalue weighted by molar-refractivity contribution is 6.30. The van der Waals surface area contributed by atoms with Crippen molar-refractivity contribution in [3.8, 4) is 5.75 Å². The normalized spacial score (nSPS) is 14.3. The zero-order valence-corrected chi connectivity index (χ0v) is 23.1. The molecule has 4 aromatic rings. The van der Waals surface area contributed by atoms with Crippen LogP contribution < -0.4 is 10.2 Å². The third kappa shape index (κ3) is 8.26. The van der Waals surface area contributed by atoms with Crippen LogP contribution in [0.15, 0.2) is 108 Å². The van der Waals surface area contributed by atoms with E-state index < -0.39 is 0 Å².